The number of pyridine rings is 1. The summed E-state index contributed by atoms with van der Waals surface area (Å²) in [6, 6.07) is 16.1. The maximum absolute atomic E-state index is 13.0. The minimum absolute atomic E-state index is 0.0999. The zero-order valence-corrected chi connectivity index (χ0v) is 31.5. The van der Waals surface area contributed by atoms with E-state index in [9.17, 15) is 33.6 Å². The molecular weight excluding hydrogens is 730 g/mol. The molecule has 52 heavy (non-hydrogen) atoms. The summed E-state index contributed by atoms with van der Waals surface area (Å²) in [5, 5.41) is 53.6. The molecule has 3 aromatic rings. The number of ether oxygens (including phenoxy) is 1. The minimum Gasteiger partial charge on any atom is -0.490 e. The molecule has 1 heterocycles. The van der Waals surface area contributed by atoms with Gasteiger partial charge >= 0.3 is 0 Å². The second-order valence-electron chi connectivity index (χ2n) is 13.6. The first-order chi connectivity index (χ1) is 24.8. The summed E-state index contributed by atoms with van der Waals surface area (Å²) in [6.45, 7) is -0.455. The topological polar surface area (TPSA) is 190 Å². The van der Waals surface area contributed by atoms with E-state index in [0.29, 0.717) is 30.2 Å². The van der Waals surface area contributed by atoms with Gasteiger partial charge in [-0.05, 0) is 91.3 Å². The molecule has 12 nitrogen and oxygen atoms in total. The Morgan fingerprint density at radius 1 is 1.06 bits per heavy atom. The normalized spacial score (nSPS) is 17.6. The van der Waals surface area contributed by atoms with Gasteiger partial charge in [-0.2, -0.15) is 0 Å². The number of carbonyl (C=O) groups is 1. The number of aliphatic hydroxyl groups excluding tert-OH is 5. The molecule has 0 aliphatic heterocycles. The van der Waals surface area contributed by atoms with Crippen LogP contribution in [0, 0.1) is 0 Å². The first-order valence-electron chi connectivity index (χ1n) is 17.5. The van der Waals surface area contributed by atoms with Gasteiger partial charge in [-0.3, -0.25) is 9.78 Å². The van der Waals surface area contributed by atoms with Crippen molar-refractivity contribution in [3.05, 3.63) is 77.1 Å². The summed E-state index contributed by atoms with van der Waals surface area (Å²) in [7, 11) is -3.44. The zero-order valence-electron chi connectivity index (χ0n) is 29.1. The second-order valence-corrected chi connectivity index (χ2v) is 17.4. The summed E-state index contributed by atoms with van der Waals surface area (Å²) in [6.07, 6.45) is 2.34. The van der Waals surface area contributed by atoms with E-state index in [4.69, 9.17) is 21.4 Å². The molecule has 2 aromatic carbocycles. The molecule has 284 valence electrons. The third-order valence-electron chi connectivity index (χ3n) is 9.36. The van der Waals surface area contributed by atoms with Crippen LogP contribution in [-0.4, -0.2) is 118 Å². The molecule has 15 heteroatoms. The van der Waals surface area contributed by atoms with Crippen molar-refractivity contribution >= 4 is 39.1 Å². The summed E-state index contributed by atoms with van der Waals surface area (Å²) in [4.78, 5) is 19.6. The fourth-order valence-electron chi connectivity index (χ4n) is 5.93. The highest BCUT2D eigenvalue weighted by Gasteiger charge is 2.46. The highest BCUT2D eigenvalue weighted by atomic mass is 35.5. The maximum Gasteiger partial charge on any atom is 0.254 e. The molecule has 2 fully saturated rings. The van der Waals surface area contributed by atoms with Crippen molar-refractivity contribution in [2.24, 2.45) is 0 Å². The fourth-order valence-corrected chi connectivity index (χ4v) is 7.64. The Labute approximate surface area is 314 Å². The van der Waals surface area contributed by atoms with Gasteiger partial charge in [0.25, 0.3) is 5.91 Å². The average Bonchev–Trinajstić information content (AvgIpc) is 4.08. The lowest BCUT2D eigenvalue weighted by Gasteiger charge is -2.30. The number of nitrogens with zero attached hydrogens (tertiary/aromatic N) is 2. The number of aliphatic hydroxyl groups is 5. The van der Waals surface area contributed by atoms with Crippen molar-refractivity contribution in [1.82, 2.24) is 15.2 Å². The summed E-state index contributed by atoms with van der Waals surface area (Å²) in [5.41, 5.74) is 4.02. The molecule has 1 amide bonds. The maximum atomic E-state index is 13.0. The van der Waals surface area contributed by atoms with E-state index >= 15 is 0 Å². The molecule has 5 rings (SSSR count). The number of halogens is 1. The number of carbonyl (C=O) groups excluding carboxylic acids is 1. The number of sulfone groups is 1. The van der Waals surface area contributed by atoms with Gasteiger partial charge in [-0.25, -0.2) is 8.42 Å². The smallest absolute Gasteiger partial charge is 0.254 e. The first kappa shape index (κ1) is 40.4. The van der Waals surface area contributed by atoms with Gasteiger partial charge in [-0.1, -0.05) is 29.8 Å². The van der Waals surface area contributed by atoms with Crippen LogP contribution in [0.1, 0.15) is 49.7 Å². The Morgan fingerprint density at radius 3 is 2.50 bits per heavy atom. The van der Waals surface area contributed by atoms with Crippen molar-refractivity contribution in [3.63, 3.8) is 0 Å². The lowest BCUT2D eigenvalue weighted by molar-refractivity contribution is -0.158. The van der Waals surface area contributed by atoms with Crippen LogP contribution in [0.4, 0.5) is 0 Å². The van der Waals surface area contributed by atoms with E-state index in [-0.39, 0.29) is 30.5 Å². The van der Waals surface area contributed by atoms with E-state index in [2.05, 4.69) is 28.5 Å². The standard InChI is InChI=1S/C37H48ClN3O9S2/c1-52(48,49)19-17-41(36(47)35(46)34(45)33(44)31(43)23-42)16-4-5-18-51-26-10-11-30(38)24(20-26)21-40-37(13-14-37)29-22-39-15-12-27(29)28-6-2-3-7-32(28)50-25-8-9-25/h2-3,6-7,10-12,15,20,22,25,31,33-35,40,42-46H,4-5,8-9,13-14,16-19,21,23H2,1H3/t31-,33+,34-,35-/m0/s1. The number of aromatic nitrogens is 1. The third kappa shape index (κ3) is 10.9. The monoisotopic (exact) mass is 777 g/mol. The van der Waals surface area contributed by atoms with Crippen LogP contribution < -0.4 is 10.1 Å². The van der Waals surface area contributed by atoms with Crippen molar-refractivity contribution in [3.8, 4) is 16.9 Å². The van der Waals surface area contributed by atoms with Gasteiger partial charge in [0.15, 0.2) is 6.10 Å². The predicted octanol–water partition coefficient (Wildman–Crippen LogP) is 2.90. The minimum atomic E-state index is -3.44. The van der Waals surface area contributed by atoms with E-state index < -0.39 is 46.8 Å². The van der Waals surface area contributed by atoms with E-state index in [1.807, 2.05) is 42.7 Å². The van der Waals surface area contributed by atoms with Crippen LogP contribution in [0.3, 0.4) is 0 Å². The number of hydrogen-bond donors (Lipinski definition) is 6. The van der Waals surface area contributed by atoms with Crippen LogP contribution >= 0.6 is 23.4 Å². The molecule has 4 atom stereocenters. The van der Waals surface area contributed by atoms with Crippen LogP contribution in [-0.2, 0) is 26.7 Å². The number of amides is 1. The quantitative estimate of drug-likeness (QED) is 0.0687. The van der Waals surface area contributed by atoms with Crippen molar-refractivity contribution < 1.29 is 43.5 Å². The third-order valence-corrected chi connectivity index (χ3v) is 11.7. The highest BCUT2D eigenvalue weighted by molar-refractivity contribution is 7.99. The molecule has 0 spiro atoms. The van der Waals surface area contributed by atoms with E-state index in [1.165, 1.54) is 0 Å². The number of unbranched alkanes of at least 4 members (excludes halogenated alkanes) is 1. The predicted molar refractivity (Wildman–Crippen MR) is 200 cm³/mol. The Hall–Kier alpha value is -2.79. The number of nitrogens with one attached hydrogen (secondary N) is 1. The molecule has 1 aromatic heterocycles. The van der Waals surface area contributed by atoms with E-state index in [0.717, 1.165) is 69.7 Å². The highest BCUT2D eigenvalue weighted by Crippen LogP contribution is 2.50. The Balaban J connectivity index is 1.16. The van der Waals surface area contributed by atoms with Gasteiger partial charge in [0.2, 0.25) is 0 Å². The molecule has 2 aliphatic carbocycles. The average molecular weight is 778 g/mol. The van der Waals surface area contributed by atoms with Gasteiger partial charge in [0, 0.05) is 59.3 Å². The largest absolute Gasteiger partial charge is 0.490 e. The number of benzene rings is 2. The van der Waals surface area contributed by atoms with Crippen LogP contribution in [0.2, 0.25) is 5.02 Å². The lowest BCUT2D eigenvalue weighted by Crippen LogP contribution is -2.53. The number of hydrogen-bond acceptors (Lipinski definition) is 12. The lowest BCUT2D eigenvalue weighted by atomic mass is 9.94. The van der Waals surface area contributed by atoms with E-state index in [1.54, 1.807) is 11.8 Å². The first-order valence-corrected chi connectivity index (χ1v) is 20.9. The molecule has 2 saturated carbocycles. The molecule has 6 N–H and O–H groups in total. The van der Waals surface area contributed by atoms with Crippen molar-refractivity contribution in [1.29, 1.82) is 0 Å². The molecule has 0 bridgehead atoms. The molecular formula is C37H48ClN3O9S2. The van der Waals surface area contributed by atoms with Crippen LogP contribution in [0.15, 0.2) is 65.8 Å². The number of rotatable bonds is 21. The Bertz CT molecular complexity index is 1770. The molecule has 0 saturated heterocycles. The summed E-state index contributed by atoms with van der Waals surface area (Å²) in [5.74, 6) is 0.233. The summed E-state index contributed by atoms with van der Waals surface area (Å²) < 4.78 is 29.9. The van der Waals surface area contributed by atoms with Gasteiger partial charge in [0.1, 0.15) is 33.9 Å². The zero-order chi connectivity index (χ0) is 37.5. The van der Waals surface area contributed by atoms with Gasteiger partial charge in [-0.15, -0.1) is 11.8 Å². The Kier molecular flexibility index (Phi) is 14.0. The second kappa shape index (κ2) is 18.0. The number of para-hydroxylation sites is 1. The summed E-state index contributed by atoms with van der Waals surface area (Å²) >= 11 is 8.27. The molecule has 0 unspecified atom stereocenters. The van der Waals surface area contributed by atoms with Crippen LogP contribution in [0.5, 0.6) is 5.75 Å². The molecule has 0 radical (unpaired) electrons. The van der Waals surface area contributed by atoms with Crippen molar-refractivity contribution in [2.75, 3.05) is 37.5 Å². The van der Waals surface area contributed by atoms with Gasteiger partial charge < -0.3 is 40.5 Å². The van der Waals surface area contributed by atoms with Crippen LogP contribution in [0.25, 0.3) is 11.1 Å². The van der Waals surface area contributed by atoms with Gasteiger partial charge in [0.05, 0.1) is 18.5 Å². The SMILES string of the molecule is CS(=O)(=O)CCN(CCCCSc1ccc(Cl)c(CNC2(c3cnccc3-c3ccccc3OC3CC3)CC2)c1)C(=O)[C@@H](O)[C@@H](O)[C@H](O)[C@@H](O)CO. The van der Waals surface area contributed by atoms with Crippen molar-refractivity contribution in [2.45, 2.75) is 86.0 Å². The molecule has 2 aliphatic rings. The number of thioether (sulfide) groups is 1. The fraction of sp³-hybridized carbons (Fsp3) is 0.514. The Morgan fingerprint density at radius 2 is 1.81 bits per heavy atom.